The highest BCUT2D eigenvalue weighted by Crippen LogP contribution is 2.52. The molecule has 1 fully saturated rings. The van der Waals surface area contributed by atoms with Crippen LogP contribution >= 0.6 is 7.60 Å². The minimum atomic E-state index is -4.37. The van der Waals surface area contributed by atoms with Crippen LogP contribution in [0.5, 0.6) is 0 Å². The Morgan fingerprint density at radius 1 is 1.35 bits per heavy atom. The first kappa shape index (κ1) is 14.9. The number of carbonyl (C=O) groups is 1. The van der Waals surface area contributed by atoms with Crippen LogP contribution < -0.4 is 0 Å². The van der Waals surface area contributed by atoms with E-state index in [1.165, 1.54) is 26.7 Å². The molecule has 1 unspecified atom stereocenters. The summed E-state index contributed by atoms with van der Waals surface area (Å²) >= 11 is 0. The van der Waals surface area contributed by atoms with Crippen LogP contribution in [0.15, 0.2) is 0 Å². The van der Waals surface area contributed by atoms with E-state index in [0.29, 0.717) is 5.92 Å². The molecule has 2 N–H and O–H groups in total. The third kappa shape index (κ3) is 3.40. The van der Waals surface area contributed by atoms with Crippen LogP contribution in [-0.4, -0.2) is 20.7 Å². The topological polar surface area (TPSA) is 74.6 Å². The Kier molecular flexibility index (Phi) is 4.56. The van der Waals surface area contributed by atoms with Crippen LogP contribution in [0.3, 0.4) is 0 Å². The van der Waals surface area contributed by atoms with Crippen molar-refractivity contribution in [1.29, 1.82) is 0 Å². The van der Waals surface area contributed by atoms with Gasteiger partial charge >= 0.3 is 7.60 Å². The van der Waals surface area contributed by atoms with Gasteiger partial charge < -0.3 is 9.79 Å². The number of carbonyl (C=O) groups excluding carboxylic acids is 1. The van der Waals surface area contributed by atoms with Crippen molar-refractivity contribution >= 4 is 13.4 Å². The van der Waals surface area contributed by atoms with Crippen molar-refractivity contribution in [2.24, 2.45) is 11.8 Å². The van der Waals surface area contributed by atoms with Gasteiger partial charge in [0.05, 0.1) is 0 Å². The molecule has 0 saturated heterocycles. The first-order valence-electron chi connectivity index (χ1n) is 6.26. The quantitative estimate of drug-likeness (QED) is 0.747. The van der Waals surface area contributed by atoms with Crippen molar-refractivity contribution in [3.8, 4) is 0 Å². The molecule has 100 valence electrons. The summed E-state index contributed by atoms with van der Waals surface area (Å²) in [6.45, 7) is 4.49. The Bertz CT molecular complexity index is 325. The van der Waals surface area contributed by atoms with E-state index >= 15 is 0 Å². The molecule has 0 heterocycles. The third-order valence-electron chi connectivity index (χ3n) is 3.94. The Hall–Kier alpha value is -0.180. The molecule has 1 atom stereocenters. The van der Waals surface area contributed by atoms with Crippen molar-refractivity contribution in [3.63, 3.8) is 0 Å². The molecule has 1 aliphatic rings. The number of hydrogen-bond acceptors (Lipinski definition) is 2. The van der Waals surface area contributed by atoms with Crippen LogP contribution in [0, 0.1) is 11.8 Å². The van der Waals surface area contributed by atoms with Gasteiger partial charge in [0.15, 0.2) is 5.78 Å². The maximum absolute atomic E-state index is 12.1. The lowest BCUT2D eigenvalue weighted by Crippen LogP contribution is -2.36. The van der Waals surface area contributed by atoms with E-state index in [-0.39, 0.29) is 11.7 Å². The second kappa shape index (κ2) is 5.21. The minimum absolute atomic E-state index is 0.263. The maximum atomic E-state index is 12.1. The molecule has 4 nitrogen and oxygen atoms in total. The third-order valence-corrected chi connectivity index (χ3v) is 5.62. The van der Waals surface area contributed by atoms with Crippen LogP contribution in [0.25, 0.3) is 0 Å². The Morgan fingerprint density at radius 2 is 1.82 bits per heavy atom. The predicted molar refractivity (Wildman–Crippen MR) is 66.9 cm³/mol. The highest BCUT2D eigenvalue weighted by molar-refractivity contribution is 7.54. The fourth-order valence-electron chi connectivity index (χ4n) is 2.60. The van der Waals surface area contributed by atoms with Crippen molar-refractivity contribution in [2.75, 3.05) is 0 Å². The molecule has 0 aromatic rings. The van der Waals surface area contributed by atoms with Gasteiger partial charge in [0, 0.05) is 5.92 Å². The summed E-state index contributed by atoms with van der Waals surface area (Å²) < 4.78 is 11.3. The lowest BCUT2D eigenvalue weighted by atomic mass is 9.87. The first-order valence-corrected chi connectivity index (χ1v) is 7.87. The van der Waals surface area contributed by atoms with E-state index < -0.39 is 12.8 Å². The van der Waals surface area contributed by atoms with Gasteiger partial charge in [-0.3, -0.25) is 9.36 Å². The van der Waals surface area contributed by atoms with E-state index in [0.717, 1.165) is 19.3 Å². The summed E-state index contributed by atoms with van der Waals surface area (Å²) in [5.41, 5.74) is 0. The minimum Gasteiger partial charge on any atom is -0.324 e. The van der Waals surface area contributed by atoms with Gasteiger partial charge in [0.2, 0.25) is 0 Å². The number of ketones is 1. The zero-order valence-corrected chi connectivity index (χ0v) is 11.7. The number of rotatable bonds is 5. The molecular formula is C12H23O4P. The SMILES string of the molecule is CC(CC1CCCC1)C(=O)C(C)(C)P(=O)(O)O. The normalized spacial score (nSPS) is 20.5. The Morgan fingerprint density at radius 3 is 2.24 bits per heavy atom. The summed E-state index contributed by atoms with van der Waals surface area (Å²) in [4.78, 5) is 30.5. The summed E-state index contributed by atoms with van der Waals surface area (Å²) in [7, 11) is -4.37. The monoisotopic (exact) mass is 262 g/mol. The van der Waals surface area contributed by atoms with E-state index in [1.807, 2.05) is 0 Å². The summed E-state index contributed by atoms with van der Waals surface area (Å²) in [6, 6.07) is 0. The lowest BCUT2D eigenvalue weighted by Gasteiger charge is -2.28. The molecule has 0 aliphatic heterocycles. The molecule has 0 amide bonds. The second-order valence-corrected chi connectivity index (χ2v) is 7.96. The number of hydrogen-bond donors (Lipinski definition) is 2. The molecule has 1 saturated carbocycles. The highest BCUT2D eigenvalue weighted by atomic mass is 31.2. The van der Waals surface area contributed by atoms with Gasteiger partial charge in [-0.25, -0.2) is 0 Å². The van der Waals surface area contributed by atoms with Crippen molar-refractivity contribution in [3.05, 3.63) is 0 Å². The zero-order chi connectivity index (χ0) is 13.3. The van der Waals surface area contributed by atoms with Gasteiger partial charge in [-0.1, -0.05) is 32.6 Å². The van der Waals surface area contributed by atoms with Crippen molar-refractivity contribution in [2.45, 2.75) is 58.0 Å². The van der Waals surface area contributed by atoms with Gasteiger partial charge in [-0.15, -0.1) is 0 Å². The van der Waals surface area contributed by atoms with Crippen molar-refractivity contribution < 1.29 is 19.1 Å². The van der Waals surface area contributed by atoms with Crippen LogP contribution in [0.1, 0.15) is 52.9 Å². The largest absolute Gasteiger partial charge is 0.338 e. The predicted octanol–water partition coefficient (Wildman–Crippen LogP) is 2.73. The lowest BCUT2D eigenvalue weighted by molar-refractivity contribution is -0.125. The van der Waals surface area contributed by atoms with Gasteiger partial charge in [0.25, 0.3) is 0 Å². The molecule has 0 spiro atoms. The Balaban J connectivity index is 2.65. The standard InChI is InChI=1S/C12H23O4P/c1-9(8-10-6-4-5-7-10)11(13)12(2,3)17(14,15)16/h9-10H,4-8H2,1-3H3,(H2,14,15,16). The van der Waals surface area contributed by atoms with Crippen molar-refractivity contribution in [1.82, 2.24) is 0 Å². The summed E-state index contributed by atoms with van der Waals surface area (Å²) in [5.74, 6) is -0.0139. The molecule has 1 rings (SSSR count). The summed E-state index contributed by atoms with van der Waals surface area (Å²) in [6.07, 6.45) is 5.49. The fourth-order valence-corrected chi connectivity index (χ4v) is 3.11. The highest BCUT2D eigenvalue weighted by Gasteiger charge is 2.46. The van der Waals surface area contributed by atoms with Crippen LogP contribution in [-0.2, 0) is 9.36 Å². The smallest absolute Gasteiger partial charge is 0.324 e. The van der Waals surface area contributed by atoms with E-state index in [1.54, 1.807) is 6.92 Å². The molecule has 0 aromatic carbocycles. The second-order valence-electron chi connectivity index (χ2n) is 5.75. The molecule has 0 bridgehead atoms. The average Bonchev–Trinajstić information content (AvgIpc) is 2.67. The zero-order valence-electron chi connectivity index (χ0n) is 10.8. The van der Waals surface area contributed by atoms with Crippen LogP contribution in [0.4, 0.5) is 0 Å². The van der Waals surface area contributed by atoms with E-state index in [2.05, 4.69) is 0 Å². The molecule has 5 heteroatoms. The summed E-state index contributed by atoms with van der Waals surface area (Å²) in [5, 5.41) is -1.55. The molecule has 0 radical (unpaired) electrons. The van der Waals surface area contributed by atoms with Crippen LogP contribution in [0.2, 0.25) is 0 Å². The van der Waals surface area contributed by atoms with E-state index in [4.69, 9.17) is 0 Å². The molecule has 0 aromatic heterocycles. The average molecular weight is 262 g/mol. The fraction of sp³-hybridized carbons (Fsp3) is 0.917. The molecule has 1 aliphatic carbocycles. The van der Waals surface area contributed by atoms with Gasteiger partial charge in [-0.05, 0) is 26.2 Å². The number of Topliss-reactive ketones (excluding diaryl/α,β-unsaturated/α-hetero) is 1. The molecule has 17 heavy (non-hydrogen) atoms. The Labute approximate surface area is 103 Å². The maximum Gasteiger partial charge on any atom is 0.338 e. The van der Waals surface area contributed by atoms with E-state index in [9.17, 15) is 19.1 Å². The van der Waals surface area contributed by atoms with Gasteiger partial charge in [-0.2, -0.15) is 0 Å². The first-order chi connectivity index (χ1) is 7.66. The molecular weight excluding hydrogens is 239 g/mol. The van der Waals surface area contributed by atoms with Gasteiger partial charge in [0.1, 0.15) is 5.16 Å².